The van der Waals surface area contributed by atoms with Gasteiger partial charge in [0.2, 0.25) is 0 Å². The highest BCUT2D eigenvalue weighted by molar-refractivity contribution is 5.33. The molecule has 0 spiro atoms. The Hall–Kier alpha value is -1.06. The maximum atomic E-state index is 10.1. The van der Waals surface area contributed by atoms with Gasteiger partial charge in [-0.3, -0.25) is 0 Å². The number of fused-ring (bicyclic) bond motifs is 3. The Morgan fingerprint density at radius 1 is 1.08 bits per heavy atom. The zero-order chi connectivity index (χ0) is 16.9. The summed E-state index contributed by atoms with van der Waals surface area (Å²) in [5.41, 5.74) is 1.49. The molecule has 3 fully saturated rings. The average molecular weight is 330 g/mol. The van der Waals surface area contributed by atoms with Crippen molar-refractivity contribution in [2.75, 3.05) is 6.61 Å². The molecule has 4 rings (SSSR count). The van der Waals surface area contributed by atoms with E-state index >= 15 is 0 Å². The zero-order valence-electron chi connectivity index (χ0n) is 15.1. The standard InChI is InChI=1S/C21H30O3/c1-20(2)11-6-12-21(3)15-13-23-19(14-7-4-5-8-16(14)22)24-17(15)9-10-18(20)21/h4-5,7-8,15,17-19,22H,6,9-13H2,1-3H3/t15-,17+,18-,19-,21-/m0/s1. The van der Waals surface area contributed by atoms with E-state index in [2.05, 4.69) is 20.8 Å². The molecular formula is C21H30O3. The van der Waals surface area contributed by atoms with E-state index < -0.39 is 6.29 Å². The molecule has 1 N–H and O–H groups in total. The molecule has 0 unspecified atom stereocenters. The first-order chi connectivity index (χ1) is 11.4. The minimum Gasteiger partial charge on any atom is -0.507 e. The van der Waals surface area contributed by atoms with Gasteiger partial charge in [0.05, 0.1) is 12.7 Å². The first kappa shape index (κ1) is 16.4. The van der Waals surface area contributed by atoms with Crippen molar-refractivity contribution in [2.24, 2.45) is 22.7 Å². The van der Waals surface area contributed by atoms with E-state index in [9.17, 15) is 5.11 Å². The van der Waals surface area contributed by atoms with Gasteiger partial charge >= 0.3 is 0 Å². The molecular weight excluding hydrogens is 300 g/mol. The van der Waals surface area contributed by atoms with Crippen LogP contribution in [0.15, 0.2) is 24.3 Å². The summed E-state index contributed by atoms with van der Waals surface area (Å²) in [7, 11) is 0. The molecule has 3 heteroatoms. The molecule has 0 amide bonds. The highest BCUT2D eigenvalue weighted by atomic mass is 16.7. The minimum absolute atomic E-state index is 0.249. The number of rotatable bonds is 1. The lowest BCUT2D eigenvalue weighted by atomic mass is 9.48. The molecule has 132 valence electrons. The number of phenols is 1. The summed E-state index contributed by atoms with van der Waals surface area (Å²) in [5, 5.41) is 10.1. The Balaban J connectivity index is 1.57. The molecule has 1 heterocycles. The van der Waals surface area contributed by atoms with Crippen molar-refractivity contribution in [3.63, 3.8) is 0 Å². The molecule has 3 aliphatic rings. The lowest BCUT2D eigenvalue weighted by molar-refractivity contribution is -0.286. The molecule has 0 aromatic heterocycles. The van der Waals surface area contributed by atoms with Crippen molar-refractivity contribution in [2.45, 2.75) is 65.3 Å². The van der Waals surface area contributed by atoms with Crippen LogP contribution in [0.25, 0.3) is 0 Å². The van der Waals surface area contributed by atoms with Crippen molar-refractivity contribution in [1.29, 1.82) is 0 Å². The Morgan fingerprint density at radius 3 is 2.67 bits per heavy atom. The first-order valence-electron chi connectivity index (χ1n) is 9.47. The maximum Gasteiger partial charge on any atom is 0.187 e. The largest absolute Gasteiger partial charge is 0.507 e. The fourth-order valence-electron chi connectivity index (χ4n) is 5.99. The molecule has 0 bridgehead atoms. The summed E-state index contributed by atoms with van der Waals surface area (Å²) in [6, 6.07) is 7.37. The average Bonchev–Trinajstić information content (AvgIpc) is 2.54. The topological polar surface area (TPSA) is 38.7 Å². The van der Waals surface area contributed by atoms with Crippen LogP contribution in [0.4, 0.5) is 0 Å². The lowest BCUT2D eigenvalue weighted by Crippen LogP contribution is -2.56. The SMILES string of the molecule is CC1(C)CCC[C@@]2(C)[C@H]3CO[C@H](c4ccccc4O)O[C@@H]3CC[C@@H]12. The number of phenolic OH excluding ortho intramolecular Hbond substituents is 1. The third-order valence-corrected chi connectivity index (χ3v) is 7.23. The van der Waals surface area contributed by atoms with Crippen molar-refractivity contribution < 1.29 is 14.6 Å². The van der Waals surface area contributed by atoms with Crippen LogP contribution in [-0.2, 0) is 9.47 Å². The number of para-hydroxylation sites is 1. The summed E-state index contributed by atoms with van der Waals surface area (Å²) >= 11 is 0. The molecule has 1 aromatic carbocycles. The van der Waals surface area contributed by atoms with Crippen LogP contribution in [0.2, 0.25) is 0 Å². The number of hydrogen-bond donors (Lipinski definition) is 1. The second-order valence-electron chi connectivity index (χ2n) is 8.98. The molecule has 0 radical (unpaired) electrons. The maximum absolute atomic E-state index is 10.1. The quantitative estimate of drug-likeness (QED) is 0.783. The van der Waals surface area contributed by atoms with Crippen LogP contribution >= 0.6 is 0 Å². The molecule has 2 saturated carbocycles. The van der Waals surface area contributed by atoms with Crippen LogP contribution in [0.5, 0.6) is 5.75 Å². The van der Waals surface area contributed by atoms with Gasteiger partial charge in [0.25, 0.3) is 0 Å². The zero-order valence-corrected chi connectivity index (χ0v) is 15.1. The van der Waals surface area contributed by atoms with Gasteiger partial charge in [0.1, 0.15) is 5.75 Å². The molecule has 3 nitrogen and oxygen atoms in total. The first-order valence-corrected chi connectivity index (χ1v) is 9.47. The molecule has 1 saturated heterocycles. The Kier molecular flexibility index (Phi) is 3.92. The Labute approximate surface area is 145 Å². The summed E-state index contributed by atoms with van der Waals surface area (Å²) in [5.74, 6) is 1.49. The number of hydrogen-bond acceptors (Lipinski definition) is 3. The van der Waals surface area contributed by atoms with Gasteiger partial charge in [0, 0.05) is 11.5 Å². The Morgan fingerprint density at radius 2 is 1.88 bits per heavy atom. The van der Waals surface area contributed by atoms with E-state index in [4.69, 9.17) is 9.47 Å². The smallest absolute Gasteiger partial charge is 0.187 e. The van der Waals surface area contributed by atoms with E-state index in [1.54, 1.807) is 6.07 Å². The molecule has 1 aromatic rings. The Bertz CT molecular complexity index is 611. The summed E-state index contributed by atoms with van der Waals surface area (Å²) in [4.78, 5) is 0. The number of benzene rings is 1. The number of ether oxygens (including phenoxy) is 2. The van der Waals surface area contributed by atoms with E-state index in [-0.39, 0.29) is 11.9 Å². The van der Waals surface area contributed by atoms with Crippen LogP contribution in [0.1, 0.15) is 64.7 Å². The fraction of sp³-hybridized carbons (Fsp3) is 0.714. The highest BCUT2D eigenvalue weighted by Crippen LogP contribution is 2.61. The second-order valence-corrected chi connectivity index (χ2v) is 8.98. The van der Waals surface area contributed by atoms with Gasteiger partial charge < -0.3 is 14.6 Å². The van der Waals surface area contributed by atoms with Gasteiger partial charge in [-0.15, -0.1) is 0 Å². The monoisotopic (exact) mass is 330 g/mol. The van der Waals surface area contributed by atoms with Gasteiger partial charge in [-0.25, -0.2) is 0 Å². The van der Waals surface area contributed by atoms with Crippen molar-refractivity contribution in [3.8, 4) is 5.75 Å². The van der Waals surface area contributed by atoms with Crippen LogP contribution in [0, 0.1) is 22.7 Å². The van der Waals surface area contributed by atoms with Crippen LogP contribution < -0.4 is 0 Å². The molecule has 24 heavy (non-hydrogen) atoms. The highest BCUT2D eigenvalue weighted by Gasteiger charge is 2.56. The van der Waals surface area contributed by atoms with E-state index in [0.29, 0.717) is 16.7 Å². The second kappa shape index (κ2) is 5.74. The lowest BCUT2D eigenvalue weighted by Gasteiger charge is -2.60. The molecule has 5 atom stereocenters. The van der Waals surface area contributed by atoms with Crippen LogP contribution in [-0.4, -0.2) is 17.8 Å². The predicted octanol–water partition coefficient (Wildman–Crippen LogP) is 5.05. The van der Waals surface area contributed by atoms with Crippen molar-refractivity contribution >= 4 is 0 Å². The molecule has 2 aliphatic carbocycles. The predicted molar refractivity (Wildman–Crippen MR) is 93.6 cm³/mol. The molecule has 1 aliphatic heterocycles. The van der Waals surface area contributed by atoms with Crippen molar-refractivity contribution in [1.82, 2.24) is 0 Å². The third-order valence-electron chi connectivity index (χ3n) is 7.23. The van der Waals surface area contributed by atoms with Gasteiger partial charge in [-0.2, -0.15) is 0 Å². The van der Waals surface area contributed by atoms with E-state index in [1.807, 2.05) is 18.2 Å². The third kappa shape index (κ3) is 2.48. The fourth-order valence-corrected chi connectivity index (χ4v) is 5.99. The van der Waals surface area contributed by atoms with Gasteiger partial charge in [-0.1, -0.05) is 45.4 Å². The number of aromatic hydroxyl groups is 1. The summed E-state index contributed by atoms with van der Waals surface area (Å²) in [6.45, 7) is 8.12. The minimum atomic E-state index is -0.427. The van der Waals surface area contributed by atoms with Crippen LogP contribution in [0.3, 0.4) is 0 Å². The summed E-state index contributed by atoms with van der Waals surface area (Å²) in [6.07, 6.45) is 6.12. The van der Waals surface area contributed by atoms with E-state index in [1.165, 1.54) is 25.7 Å². The normalized spacial score (nSPS) is 41.3. The summed E-state index contributed by atoms with van der Waals surface area (Å²) < 4.78 is 12.5. The van der Waals surface area contributed by atoms with Gasteiger partial charge in [-0.05, 0) is 48.5 Å². The van der Waals surface area contributed by atoms with Gasteiger partial charge in [0.15, 0.2) is 6.29 Å². The van der Waals surface area contributed by atoms with Crippen molar-refractivity contribution in [3.05, 3.63) is 29.8 Å². The van der Waals surface area contributed by atoms with E-state index in [0.717, 1.165) is 24.5 Å².